The van der Waals surface area contributed by atoms with Gasteiger partial charge >= 0.3 is 10.1 Å². The molecule has 0 fully saturated rings. The summed E-state index contributed by atoms with van der Waals surface area (Å²) in [6.45, 7) is 0.270. The van der Waals surface area contributed by atoms with Crippen molar-refractivity contribution in [1.29, 1.82) is 0 Å². The molecule has 27 heavy (non-hydrogen) atoms. The highest BCUT2D eigenvalue weighted by Crippen LogP contribution is 2.31. The van der Waals surface area contributed by atoms with Gasteiger partial charge in [0.2, 0.25) is 5.88 Å². The first-order valence-corrected chi connectivity index (χ1v) is 10.4. The van der Waals surface area contributed by atoms with Crippen LogP contribution in [-0.4, -0.2) is 19.7 Å². The highest BCUT2D eigenvalue weighted by Gasteiger charge is 2.12. The summed E-state index contributed by atoms with van der Waals surface area (Å²) in [5.41, 5.74) is 1.97. The lowest BCUT2D eigenvalue weighted by molar-refractivity contribution is 0.293. The Morgan fingerprint density at radius 3 is 2.26 bits per heavy atom. The van der Waals surface area contributed by atoms with E-state index in [0.29, 0.717) is 21.3 Å². The number of rotatable bonds is 6. The Bertz CT molecular complexity index is 1040. The molecule has 5 nitrogen and oxygen atoms in total. The maximum atomic E-state index is 11.5. The summed E-state index contributed by atoms with van der Waals surface area (Å²) in [6.07, 6.45) is 0.966. The third-order valence-corrected chi connectivity index (χ3v) is 4.34. The van der Waals surface area contributed by atoms with Crippen molar-refractivity contribution in [3.63, 3.8) is 0 Å². The molecule has 0 saturated heterocycles. The molecule has 0 amide bonds. The second-order valence-corrected chi connectivity index (χ2v) is 8.19. The van der Waals surface area contributed by atoms with E-state index in [0.717, 1.165) is 11.8 Å². The van der Waals surface area contributed by atoms with E-state index >= 15 is 0 Å². The maximum Gasteiger partial charge on any atom is 0.306 e. The van der Waals surface area contributed by atoms with Crippen LogP contribution >= 0.6 is 23.2 Å². The van der Waals surface area contributed by atoms with Gasteiger partial charge in [0.25, 0.3) is 0 Å². The van der Waals surface area contributed by atoms with E-state index in [4.69, 9.17) is 32.1 Å². The molecule has 0 spiro atoms. The van der Waals surface area contributed by atoms with Gasteiger partial charge in [0.05, 0.1) is 11.9 Å². The third kappa shape index (κ3) is 5.85. The lowest BCUT2D eigenvalue weighted by atomic mass is 10.1. The van der Waals surface area contributed by atoms with Crippen LogP contribution in [0.4, 0.5) is 0 Å². The van der Waals surface area contributed by atoms with Crippen molar-refractivity contribution in [2.75, 3.05) is 6.26 Å². The van der Waals surface area contributed by atoms with Crippen molar-refractivity contribution in [1.82, 2.24) is 4.98 Å². The van der Waals surface area contributed by atoms with Crippen LogP contribution in [0.5, 0.6) is 11.6 Å². The Morgan fingerprint density at radius 2 is 1.63 bits per heavy atom. The van der Waals surface area contributed by atoms with Crippen molar-refractivity contribution in [3.8, 4) is 22.9 Å². The second-order valence-electron chi connectivity index (χ2n) is 5.75. The first kappa shape index (κ1) is 19.5. The Morgan fingerprint density at radius 1 is 0.963 bits per heavy atom. The van der Waals surface area contributed by atoms with Crippen molar-refractivity contribution < 1.29 is 17.3 Å². The summed E-state index contributed by atoms with van der Waals surface area (Å²) in [7, 11) is -3.71. The minimum absolute atomic E-state index is 0.0849. The standard InChI is InChI=1S/C19H15Cl2NO4S/c1-27(23,24)26-17-10-18(14-7-15(20)9-16(21)8-14)22-19(11-17)25-12-13-5-3-2-4-6-13/h2-11H,12H2,1H3. The lowest BCUT2D eigenvalue weighted by Gasteiger charge is -2.11. The Kier molecular flexibility index (Phi) is 5.89. The van der Waals surface area contributed by atoms with Gasteiger partial charge in [-0.05, 0) is 23.8 Å². The van der Waals surface area contributed by atoms with Gasteiger partial charge in [-0.15, -0.1) is 0 Å². The third-order valence-electron chi connectivity index (χ3n) is 3.41. The molecule has 0 radical (unpaired) electrons. The normalized spacial score (nSPS) is 11.2. The van der Waals surface area contributed by atoms with Crippen LogP contribution in [0.15, 0.2) is 60.7 Å². The Labute approximate surface area is 167 Å². The van der Waals surface area contributed by atoms with Crippen LogP contribution in [0.25, 0.3) is 11.3 Å². The molecular formula is C19H15Cl2NO4S. The molecule has 0 aliphatic carbocycles. The number of halogens is 2. The highest BCUT2D eigenvalue weighted by atomic mass is 35.5. The number of hydrogen-bond acceptors (Lipinski definition) is 5. The first-order chi connectivity index (χ1) is 12.8. The van der Waals surface area contributed by atoms with Crippen molar-refractivity contribution in [2.45, 2.75) is 6.61 Å². The minimum atomic E-state index is -3.71. The van der Waals surface area contributed by atoms with E-state index < -0.39 is 10.1 Å². The van der Waals surface area contributed by atoms with E-state index in [1.807, 2.05) is 30.3 Å². The summed E-state index contributed by atoms with van der Waals surface area (Å²) in [5.74, 6) is 0.299. The van der Waals surface area contributed by atoms with Crippen LogP contribution in [0, 0.1) is 0 Å². The summed E-state index contributed by atoms with van der Waals surface area (Å²) in [4.78, 5) is 4.42. The number of benzene rings is 2. The molecule has 1 heterocycles. The largest absolute Gasteiger partial charge is 0.473 e. The quantitative estimate of drug-likeness (QED) is 0.523. The highest BCUT2D eigenvalue weighted by molar-refractivity contribution is 7.86. The zero-order valence-electron chi connectivity index (χ0n) is 14.2. The number of pyridine rings is 1. The predicted octanol–water partition coefficient (Wildman–Crippen LogP) is 4.97. The summed E-state index contributed by atoms with van der Waals surface area (Å²) >= 11 is 12.1. The fourth-order valence-electron chi connectivity index (χ4n) is 2.36. The summed E-state index contributed by atoms with van der Waals surface area (Å²) < 4.78 is 33.8. The average Bonchev–Trinajstić information content (AvgIpc) is 2.58. The summed E-state index contributed by atoms with van der Waals surface area (Å²) in [6, 6.07) is 17.4. The second kappa shape index (κ2) is 8.17. The van der Waals surface area contributed by atoms with Gasteiger partial charge in [-0.2, -0.15) is 8.42 Å². The number of hydrogen-bond donors (Lipinski definition) is 0. The number of ether oxygens (including phenoxy) is 1. The van der Waals surface area contributed by atoms with E-state index in [1.54, 1.807) is 18.2 Å². The van der Waals surface area contributed by atoms with E-state index in [9.17, 15) is 8.42 Å². The molecule has 0 bridgehead atoms. The monoisotopic (exact) mass is 423 g/mol. The molecule has 0 atom stereocenters. The van der Waals surface area contributed by atoms with Crippen molar-refractivity contribution in [2.24, 2.45) is 0 Å². The van der Waals surface area contributed by atoms with Gasteiger partial charge in [-0.1, -0.05) is 53.5 Å². The van der Waals surface area contributed by atoms with Gasteiger partial charge in [-0.3, -0.25) is 0 Å². The smallest absolute Gasteiger partial charge is 0.306 e. The van der Waals surface area contributed by atoms with E-state index in [-0.39, 0.29) is 18.2 Å². The fourth-order valence-corrected chi connectivity index (χ4v) is 3.33. The average molecular weight is 424 g/mol. The first-order valence-electron chi connectivity index (χ1n) is 7.83. The molecule has 0 aliphatic rings. The molecule has 0 N–H and O–H groups in total. The SMILES string of the molecule is CS(=O)(=O)Oc1cc(OCc2ccccc2)nc(-c2cc(Cl)cc(Cl)c2)c1. The Balaban J connectivity index is 1.97. The number of aromatic nitrogens is 1. The molecule has 8 heteroatoms. The van der Waals surface area contributed by atoms with Gasteiger partial charge < -0.3 is 8.92 Å². The molecule has 0 unspecified atom stereocenters. The molecule has 3 rings (SSSR count). The molecular weight excluding hydrogens is 409 g/mol. The van der Waals surface area contributed by atoms with Gasteiger partial charge in [-0.25, -0.2) is 4.98 Å². The molecule has 0 aliphatic heterocycles. The van der Waals surface area contributed by atoms with Gasteiger partial charge in [0.15, 0.2) is 0 Å². The van der Waals surface area contributed by atoms with Crippen LogP contribution in [0.1, 0.15) is 5.56 Å². The predicted molar refractivity (Wildman–Crippen MR) is 106 cm³/mol. The van der Waals surface area contributed by atoms with Gasteiger partial charge in [0.1, 0.15) is 12.4 Å². The topological polar surface area (TPSA) is 65.5 Å². The molecule has 2 aromatic carbocycles. The van der Waals surface area contributed by atoms with E-state index in [2.05, 4.69) is 4.98 Å². The maximum absolute atomic E-state index is 11.5. The molecule has 3 aromatic rings. The van der Waals surface area contributed by atoms with Crippen LogP contribution in [0.3, 0.4) is 0 Å². The molecule has 1 aromatic heterocycles. The lowest BCUT2D eigenvalue weighted by Crippen LogP contribution is -2.07. The van der Waals surface area contributed by atoms with Crippen LogP contribution < -0.4 is 8.92 Å². The fraction of sp³-hybridized carbons (Fsp3) is 0.105. The Hall–Kier alpha value is -2.28. The zero-order chi connectivity index (χ0) is 19.4. The zero-order valence-corrected chi connectivity index (χ0v) is 16.6. The summed E-state index contributed by atoms with van der Waals surface area (Å²) in [5, 5.41) is 0.862. The van der Waals surface area contributed by atoms with Crippen LogP contribution in [-0.2, 0) is 16.7 Å². The van der Waals surface area contributed by atoms with Crippen molar-refractivity contribution >= 4 is 33.3 Å². The van der Waals surface area contributed by atoms with Gasteiger partial charge in [0, 0.05) is 27.7 Å². The molecule has 140 valence electrons. The van der Waals surface area contributed by atoms with E-state index in [1.165, 1.54) is 12.1 Å². The minimum Gasteiger partial charge on any atom is -0.473 e. The molecule has 0 saturated carbocycles. The van der Waals surface area contributed by atoms with Crippen LogP contribution in [0.2, 0.25) is 10.0 Å². The van der Waals surface area contributed by atoms with Crippen molar-refractivity contribution in [3.05, 3.63) is 76.3 Å². The number of nitrogens with zero attached hydrogens (tertiary/aromatic N) is 1.